The maximum Gasteiger partial charge on any atom is 0.266 e. The zero-order valence-corrected chi connectivity index (χ0v) is 11.8. The number of anilines is 1. The molecule has 0 aliphatic carbocycles. The molecule has 1 fully saturated rings. The van der Waals surface area contributed by atoms with Crippen LogP contribution in [-0.2, 0) is 10.8 Å². The molecule has 0 bridgehead atoms. The van der Waals surface area contributed by atoms with E-state index in [-0.39, 0.29) is 5.91 Å². The van der Waals surface area contributed by atoms with E-state index < -0.39 is 10.8 Å². The van der Waals surface area contributed by atoms with Crippen LogP contribution in [0.5, 0.6) is 0 Å². The summed E-state index contributed by atoms with van der Waals surface area (Å²) in [4.78, 5) is 18.9. The van der Waals surface area contributed by atoms with Crippen LogP contribution in [0.25, 0.3) is 10.2 Å². The van der Waals surface area contributed by atoms with Crippen molar-refractivity contribution in [3.05, 3.63) is 23.2 Å². The molecule has 0 unspecified atom stereocenters. The van der Waals surface area contributed by atoms with Crippen LogP contribution in [0, 0.1) is 0 Å². The zero-order chi connectivity index (χ0) is 13.4. The van der Waals surface area contributed by atoms with Gasteiger partial charge in [-0.3, -0.25) is 14.0 Å². The van der Waals surface area contributed by atoms with Gasteiger partial charge in [0.15, 0.2) is 0 Å². The third-order valence-electron chi connectivity index (χ3n) is 3.14. The fourth-order valence-corrected chi connectivity index (χ4v) is 4.19. The van der Waals surface area contributed by atoms with E-state index >= 15 is 0 Å². The van der Waals surface area contributed by atoms with Crippen LogP contribution in [0.2, 0.25) is 0 Å². The molecular formula is C12H13N3O2S2. The second kappa shape index (κ2) is 4.90. The van der Waals surface area contributed by atoms with Crippen molar-refractivity contribution in [1.82, 2.24) is 9.88 Å². The van der Waals surface area contributed by atoms with Gasteiger partial charge in [0.25, 0.3) is 5.91 Å². The highest BCUT2D eigenvalue weighted by molar-refractivity contribution is 7.85. The predicted octanol–water partition coefficient (Wildman–Crippen LogP) is 1.08. The highest BCUT2D eigenvalue weighted by Gasteiger charge is 2.25. The summed E-state index contributed by atoms with van der Waals surface area (Å²) in [5.41, 5.74) is 7.16. The third-order valence-corrected chi connectivity index (χ3v) is 5.57. The van der Waals surface area contributed by atoms with E-state index in [0.29, 0.717) is 40.7 Å². The van der Waals surface area contributed by atoms with Crippen LogP contribution in [0.3, 0.4) is 0 Å². The van der Waals surface area contributed by atoms with Gasteiger partial charge in [-0.05, 0) is 12.1 Å². The van der Waals surface area contributed by atoms with Gasteiger partial charge in [-0.25, -0.2) is 0 Å². The summed E-state index contributed by atoms with van der Waals surface area (Å²) in [6.45, 7) is 1.07. The van der Waals surface area contributed by atoms with Crippen molar-refractivity contribution in [1.29, 1.82) is 0 Å². The Kier molecular flexibility index (Phi) is 3.24. The normalized spacial score (nSPS) is 16.9. The number of pyridine rings is 1. The molecule has 1 aliphatic heterocycles. The minimum atomic E-state index is -0.788. The van der Waals surface area contributed by atoms with Gasteiger partial charge < -0.3 is 10.6 Å². The molecule has 3 heterocycles. The Labute approximate surface area is 116 Å². The Morgan fingerprint density at radius 1 is 1.42 bits per heavy atom. The Hall–Kier alpha value is -1.47. The number of fused-ring (bicyclic) bond motifs is 1. The van der Waals surface area contributed by atoms with Crippen LogP contribution >= 0.6 is 11.3 Å². The number of hydrogen-bond acceptors (Lipinski definition) is 5. The molecule has 0 atom stereocenters. The maximum absolute atomic E-state index is 12.4. The second-order valence-corrected chi connectivity index (χ2v) is 7.08. The Balaban J connectivity index is 1.93. The summed E-state index contributed by atoms with van der Waals surface area (Å²) in [6, 6.07) is 3.74. The molecule has 2 aromatic rings. The molecule has 3 rings (SSSR count). The molecule has 1 saturated heterocycles. The predicted molar refractivity (Wildman–Crippen MR) is 77.8 cm³/mol. The van der Waals surface area contributed by atoms with E-state index in [1.54, 1.807) is 11.1 Å². The molecule has 7 heteroatoms. The van der Waals surface area contributed by atoms with Gasteiger partial charge in [0.2, 0.25) is 0 Å². The summed E-state index contributed by atoms with van der Waals surface area (Å²) in [5.74, 6) is 1.03. The van der Waals surface area contributed by atoms with Crippen molar-refractivity contribution >= 4 is 43.9 Å². The Morgan fingerprint density at radius 3 is 2.84 bits per heavy atom. The molecule has 2 aromatic heterocycles. The van der Waals surface area contributed by atoms with Gasteiger partial charge in [-0.2, -0.15) is 0 Å². The first-order valence-electron chi connectivity index (χ1n) is 5.94. The van der Waals surface area contributed by atoms with Crippen molar-refractivity contribution in [2.24, 2.45) is 0 Å². The van der Waals surface area contributed by atoms with E-state index in [0.717, 1.165) is 4.70 Å². The van der Waals surface area contributed by atoms with Crippen LogP contribution < -0.4 is 5.73 Å². The topological polar surface area (TPSA) is 76.3 Å². The molecule has 0 saturated carbocycles. The van der Waals surface area contributed by atoms with Crippen LogP contribution in [-0.4, -0.2) is 44.6 Å². The van der Waals surface area contributed by atoms with Crippen molar-refractivity contribution in [2.45, 2.75) is 0 Å². The molecule has 5 nitrogen and oxygen atoms in total. The van der Waals surface area contributed by atoms with E-state index in [2.05, 4.69) is 4.98 Å². The standard InChI is InChI=1S/C12H13N3O2S2/c13-9-10-8(2-1-3-14-10)18-11(9)12(16)15-4-6-19(17)7-5-15/h1-3H,4-7,13H2. The molecule has 19 heavy (non-hydrogen) atoms. The fourth-order valence-electron chi connectivity index (χ4n) is 2.09. The summed E-state index contributed by atoms with van der Waals surface area (Å²) in [5, 5.41) is 0. The lowest BCUT2D eigenvalue weighted by molar-refractivity contribution is 0.0777. The Bertz CT molecular complexity index is 658. The van der Waals surface area contributed by atoms with Gasteiger partial charge in [0.05, 0.1) is 10.4 Å². The average Bonchev–Trinajstić information content (AvgIpc) is 2.77. The number of nitrogens with zero attached hydrogens (tertiary/aromatic N) is 2. The molecule has 0 radical (unpaired) electrons. The molecule has 0 spiro atoms. The SMILES string of the molecule is Nc1c(C(=O)N2CCS(=O)CC2)sc2cccnc12. The van der Waals surface area contributed by atoms with Gasteiger partial charge in [0.1, 0.15) is 10.4 Å². The summed E-state index contributed by atoms with van der Waals surface area (Å²) >= 11 is 1.37. The lowest BCUT2D eigenvalue weighted by atomic mass is 10.3. The molecule has 100 valence electrons. The number of rotatable bonds is 1. The van der Waals surface area contributed by atoms with Crippen molar-refractivity contribution in [2.75, 3.05) is 30.3 Å². The average molecular weight is 295 g/mol. The number of carbonyl (C=O) groups excluding carboxylic acids is 1. The molecule has 0 aromatic carbocycles. The minimum Gasteiger partial charge on any atom is -0.396 e. The fraction of sp³-hybridized carbons (Fsp3) is 0.333. The van der Waals surface area contributed by atoms with Crippen molar-refractivity contribution in [3.8, 4) is 0 Å². The lowest BCUT2D eigenvalue weighted by Crippen LogP contribution is -2.41. The third kappa shape index (κ3) is 2.23. The van der Waals surface area contributed by atoms with E-state index in [1.165, 1.54) is 11.3 Å². The van der Waals surface area contributed by atoms with Gasteiger partial charge in [0, 0.05) is 41.6 Å². The number of aromatic nitrogens is 1. The maximum atomic E-state index is 12.4. The van der Waals surface area contributed by atoms with Gasteiger partial charge in [-0.15, -0.1) is 11.3 Å². The number of nitrogens with two attached hydrogens (primary N) is 1. The number of nitrogen functional groups attached to an aromatic ring is 1. The number of carbonyl (C=O) groups is 1. The Morgan fingerprint density at radius 2 is 2.16 bits per heavy atom. The smallest absolute Gasteiger partial charge is 0.266 e. The molecular weight excluding hydrogens is 282 g/mol. The van der Waals surface area contributed by atoms with E-state index in [1.807, 2.05) is 12.1 Å². The molecule has 2 N–H and O–H groups in total. The van der Waals surface area contributed by atoms with Crippen molar-refractivity contribution in [3.63, 3.8) is 0 Å². The van der Waals surface area contributed by atoms with E-state index in [4.69, 9.17) is 5.73 Å². The highest BCUT2D eigenvalue weighted by Crippen LogP contribution is 2.32. The monoisotopic (exact) mass is 295 g/mol. The first-order valence-corrected chi connectivity index (χ1v) is 8.24. The summed E-state index contributed by atoms with van der Waals surface area (Å²) in [6.07, 6.45) is 1.67. The molecule has 1 aliphatic rings. The summed E-state index contributed by atoms with van der Waals surface area (Å²) < 4.78 is 12.2. The van der Waals surface area contributed by atoms with Gasteiger partial charge >= 0.3 is 0 Å². The van der Waals surface area contributed by atoms with E-state index in [9.17, 15) is 9.00 Å². The van der Waals surface area contributed by atoms with Gasteiger partial charge in [-0.1, -0.05) is 0 Å². The lowest BCUT2D eigenvalue weighted by Gasteiger charge is -2.25. The quantitative estimate of drug-likeness (QED) is 0.854. The minimum absolute atomic E-state index is 0.0720. The van der Waals surface area contributed by atoms with Crippen LogP contribution in [0.4, 0.5) is 5.69 Å². The summed E-state index contributed by atoms with van der Waals surface area (Å²) in [7, 11) is -0.788. The second-order valence-electron chi connectivity index (χ2n) is 4.34. The zero-order valence-electron chi connectivity index (χ0n) is 10.2. The number of thiophene rings is 1. The highest BCUT2D eigenvalue weighted by atomic mass is 32.2. The molecule has 1 amide bonds. The van der Waals surface area contributed by atoms with Crippen LogP contribution in [0.15, 0.2) is 18.3 Å². The van der Waals surface area contributed by atoms with Crippen LogP contribution in [0.1, 0.15) is 9.67 Å². The van der Waals surface area contributed by atoms with Crippen molar-refractivity contribution < 1.29 is 9.00 Å². The largest absolute Gasteiger partial charge is 0.396 e. The first-order chi connectivity index (χ1) is 9.16. The number of hydrogen-bond donors (Lipinski definition) is 1. The first kappa shape index (κ1) is 12.6. The number of amides is 1.